The van der Waals surface area contributed by atoms with Crippen molar-refractivity contribution in [3.05, 3.63) is 101 Å². The van der Waals surface area contributed by atoms with E-state index in [0.29, 0.717) is 5.92 Å². The van der Waals surface area contributed by atoms with Gasteiger partial charge in [-0.1, -0.05) is 54.7 Å². The zero-order chi connectivity index (χ0) is 21.5. The number of nitrogens with one attached hydrogen (secondary N) is 3. The van der Waals surface area contributed by atoms with E-state index < -0.39 is 0 Å². The van der Waals surface area contributed by atoms with Crippen LogP contribution < -0.4 is 16.2 Å². The number of allylic oxidation sites excluding steroid dienone is 11. The van der Waals surface area contributed by atoms with Gasteiger partial charge in [0.1, 0.15) is 5.84 Å². The Hall–Kier alpha value is -3.11. The maximum atomic E-state index is 4.93. The number of hydrazine groups is 1. The molecular weight excluding hydrogens is 380 g/mol. The zero-order valence-electron chi connectivity index (χ0n) is 18.5. The molecule has 0 radical (unpaired) electrons. The molecule has 0 fully saturated rings. The van der Waals surface area contributed by atoms with Gasteiger partial charge in [-0.15, -0.1) is 0 Å². The van der Waals surface area contributed by atoms with Crippen molar-refractivity contribution >= 4 is 11.4 Å². The number of rotatable bonds is 6. The molecule has 1 atom stereocenters. The smallest absolute Gasteiger partial charge is 0.148 e. The van der Waals surface area contributed by atoms with Crippen molar-refractivity contribution in [3.63, 3.8) is 0 Å². The summed E-state index contributed by atoms with van der Waals surface area (Å²) in [7, 11) is 3.86. The first-order valence-corrected chi connectivity index (χ1v) is 11.2. The van der Waals surface area contributed by atoms with E-state index in [2.05, 4.69) is 89.0 Å². The van der Waals surface area contributed by atoms with Crippen LogP contribution in [0.5, 0.6) is 0 Å². The van der Waals surface area contributed by atoms with Gasteiger partial charge in [0.25, 0.3) is 0 Å². The highest BCUT2D eigenvalue weighted by molar-refractivity contribution is 6.00. The summed E-state index contributed by atoms with van der Waals surface area (Å²) in [6.07, 6.45) is 23.6. The third-order valence-electron chi connectivity index (χ3n) is 5.91. The van der Waals surface area contributed by atoms with Gasteiger partial charge in [0.2, 0.25) is 0 Å². The molecule has 160 valence electrons. The summed E-state index contributed by atoms with van der Waals surface area (Å²) in [4.78, 5) is 4.93. The normalized spacial score (nSPS) is 21.1. The highest BCUT2D eigenvalue weighted by atomic mass is 15.4. The van der Waals surface area contributed by atoms with E-state index >= 15 is 0 Å². The second-order valence-corrected chi connectivity index (χ2v) is 8.05. The van der Waals surface area contributed by atoms with Crippen LogP contribution in [-0.2, 0) is 0 Å². The first-order valence-electron chi connectivity index (χ1n) is 11.2. The Labute approximate surface area is 185 Å². The quantitative estimate of drug-likeness (QED) is 0.343. The van der Waals surface area contributed by atoms with Crippen molar-refractivity contribution in [2.45, 2.75) is 32.1 Å². The summed E-state index contributed by atoms with van der Waals surface area (Å²) in [5, 5.41) is 3.29. The Morgan fingerprint density at radius 1 is 1.03 bits per heavy atom. The number of hydrogen-bond acceptors (Lipinski definition) is 3. The minimum absolute atomic E-state index is 0.464. The topological polar surface area (TPSA) is 48.5 Å². The van der Waals surface area contributed by atoms with Crippen LogP contribution in [-0.4, -0.2) is 19.9 Å². The van der Waals surface area contributed by atoms with Crippen LogP contribution in [0, 0.1) is 5.92 Å². The SMILES string of the molecule is CNNC(=NC1=CCC(C2=CCCC=C2)C=C1)c1cccc(C2=CCCC(NC)=C2)c1. The Morgan fingerprint density at radius 2 is 1.97 bits per heavy atom. The maximum Gasteiger partial charge on any atom is 0.148 e. The lowest BCUT2D eigenvalue weighted by Crippen LogP contribution is -2.35. The first kappa shape index (κ1) is 21.1. The molecule has 0 spiro atoms. The van der Waals surface area contributed by atoms with Gasteiger partial charge in [-0.2, -0.15) is 0 Å². The van der Waals surface area contributed by atoms with Gasteiger partial charge in [0.15, 0.2) is 0 Å². The van der Waals surface area contributed by atoms with Crippen LogP contribution in [0.2, 0.25) is 0 Å². The lowest BCUT2D eigenvalue weighted by Gasteiger charge is -2.19. The molecule has 1 aromatic rings. The standard InChI is InChI=1S/C27H32N4/c1-28-26-13-7-11-23(19-26)22-10-6-12-24(18-22)27(31-29-2)30-25-16-14-21(15-17-25)20-8-4-3-5-9-20/h4,6,8-12,14,16-19,21,28-29H,3,5,7,13,15H2,1-2H3,(H,30,31). The molecule has 1 unspecified atom stereocenters. The molecule has 3 N–H and O–H groups in total. The van der Waals surface area contributed by atoms with Crippen molar-refractivity contribution in [3.8, 4) is 0 Å². The second kappa shape index (κ2) is 10.3. The Morgan fingerprint density at radius 3 is 2.71 bits per heavy atom. The van der Waals surface area contributed by atoms with Gasteiger partial charge in [-0.25, -0.2) is 10.4 Å². The lowest BCUT2D eigenvalue weighted by molar-refractivity contribution is 0.756. The van der Waals surface area contributed by atoms with E-state index in [9.17, 15) is 0 Å². The molecule has 4 rings (SSSR count). The summed E-state index contributed by atoms with van der Waals surface area (Å²) >= 11 is 0. The van der Waals surface area contributed by atoms with Gasteiger partial charge in [-0.05, 0) is 67.0 Å². The van der Waals surface area contributed by atoms with Crippen molar-refractivity contribution in [1.29, 1.82) is 0 Å². The predicted octanol–water partition coefficient (Wildman–Crippen LogP) is 5.17. The molecule has 3 aliphatic rings. The van der Waals surface area contributed by atoms with Crippen molar-refractivity contribution in [2.75, 3.05) is 14.1 Å². The second-order valence-electron chi connectivity index (χ2n) is 8.05. The zero-order valence-corrected chi connectivity index (χ0v) is 18.5. The fourth-order valence-electron chi connectivity index (χ4n) is 4.21. The van der Waals surface area contributed by atoms with Gasteiger partial charge < -0.3 is 10.7 Å². The number of benzene rings is 1. The van der Waals surface area contributed by atoms with Crippen molar-refractivity contribution < 1.29 is 0 Å². The third-order valence-corrected chi connectivity index (χ3v) is 5.91. The first-order chi connectivity index (χ1) is 15.3. The summed E-state index contributed by atoms with van der Waals surface area (Å²) in [5.41, 5.74) is 13.5. The summed E-state index contributed by atoms with van der Waals surface area (Å²) in [6.45, 7) is 0. The van der Waals surface area contributed by atoms with Crippen LogP contribution in [0.15, 0.2) is 94.8 Å². The van der Waals surface area contributed by atoms with E-state index in [-0.39, 0.29) is 0 Å². The monoisotopic (exact) mass is 412 g/mol. The fourth-order valence-corrected chi connectivity index (χ4v) is 4.21. The van der Waals surface area contributed by atoms with Crippen LogP contribution in [0.4, 0.5) is 0 Å². The number of aliphatic imine (C=N–C) groups is 1. The number of nitrogens with zero attached hydrogens (tertiary/aromatic N) is 1. The minimum atomic E-state index is 0.464. The molecule has 1 aromatic carbocycles. The minimum Gasteiger partial charge on any atom is -0.391 e. The molecule has 0 aliphatic heterocycles. The van der Waals surface area contributed by atoms with Crippen LogP contribution in [0.1, 0.15) is 43.2 Å². The Kier molecular flexibility index (Phi) is 7.00. The number of amidine groups is 1. The molecular formula is C27H32N4. The summed E-state index contributed by atoms with van der Waals surface area (Å²) in [5.74, 6) is 1.29. The van der Waals surface area contributed by atoms with E-state index in [1.54, 1.807) is 0 Å². The average Bonchev–Trinajstić information content (AvgIpc) is 2.85. The van der Waals surface area contributed by atoms with Crippen LogP contribution in [0.3, 0.4) is 0 Å². The molecule has 31 heavy (non-hydrogen) atoms. The van der Waals surface area contributed by atoms with E-state index in [4.69, 9.17) is 4.99 Å². The summed E-state index contributed by atoms with van der Waals surface area (Å²) < 4.78 is 0. The number of hydrogen-bond donors (Lipinski definition) is 3. The molecule has 0 aromatic heterocycles. The molecule has 0 saturated carbocycles. The highest BCUT2D eigenvalue weighted by Crippen LogP contribution is 2.28. The van der Waals surface area contributed by atoms with E-state index in [0.717, 1.165) is 49.2 Å². The summed E-state index contributed by atoms with van der Waals surface area (Å²) in [6, 6.07) is 8.57. The van der Waals surface area contributed by atoms with Gasteiger partial charge in [0.05, 0.1) is 5.70 Å². The van der Waals surface area contributed by atoms with E-state index in [1.165, 1.54) is 22.4 Å². The maximum absolute atomic E-state index is 4.93. The molecule has 0 bridgehead atoms. The van der Waals surface area contributed by atoms with Crippen LogP contribution >= 0.6 is 0 Å². The molecule has 0 heterocycles. The molecule has 4 heteroatoms. The average molecular weight is 413 g/mol. The Balaban J connectivity index is 1.55. The lowest BCUT2D eigenvalue weighted by atomic mass is 9.88. The third kappa shape index (κ3) is 5.33. The predicted molar refractivity (Wildman–Crippen MR) is 131 cm³/mol. The fraction of sp³-hybridized carbons (Fsp3) is 0.296. The van der Waals surface area contributed by atoms with Gasteiger partial charge in [0, 0.05) is 31.3 Å². The van der Waals surface area contributed by atoms with E-state index in [1.807, 2.05) is 14.1 Å². The largest absolute Gasteiger partial charge is 0.391 e. The molecule has 4 nitrogen and oxygen atoms in total. The van der Waals surface area contributed by atoms with Gasteiger partial charge in [-0.3, -0.25) is 0 Å². The molecule has 0 saturated heterocycles. The van der Waals surface area contributed by atoms with Gasteiger partial charge >= 0.3 is 0 Å². The highest BCUT2D eigenvalue weighted by Gasteiger charge is 2.14. The molecule has 0 amide bonds. The van der Waals surface area contributed by atoms with Crippen molar-refractivity contribution in [2.24, 2.45) is 10.9 Å². The Bertz CT molecular complexity index is 1020. The van der Waals surface area contributed by atoms with Crippen molar-refractivity contribution in [1.82, 2.24) is 16.2 Å². The van der Waals surface area contributed by atoms with Crippen LogP contribution in [0.25, 0.3) is 5.57 Å². The molecule has 3 aliphatic carbocycles.